The summed E-state index contributed by atoms with van der Waals surface area (Å²) in [6.45, 7) is 1.18. The lowest BCUT2D eigenvalue weighted by Gasteiger charge is -2.11. The third-order valence-electron chi connectivity index (χ3n) is 4.47. The largest absolute Gasteiger partial charge is 0.486 e. The number of ether oxygens (including phenoxy) is 1. The van der Waals surface area contributed by atoms with Gasteiger partial charge in [0.2, 0.25) is 0 Å². The van der Waals surface area contributed by atoms with Crippen molar-refractivity contribution in [3.8, 4) is 5.75 Å². The minimum atomic E-state index is 0.390. The van der Waals surface area contributed by atoms with Gasteiger partial charge in [-0.15, -0.1) is 0 Å². The molecule has 4 rings (SSSR count). The van der Waals surface area contributed by atoms with Crippen LogP contribution in [0.2, 0.25) is 0 Å². The Morgan fingerprint density at radius 1 is 0.931 bits per heavy atom. The second kappa shape index (κ2) is 9.21. The summed E-state index contributed by atoms with van der Waals surface area (Å²) in [5, 5.41) is 7.03. The number of aromatic amines is 1. The van der Waals surface area contributed by atoms with Crippen molar-refractivity contribution < 1.29 is 4.74 Å². The average molecular weight is 403 g/mol. The highest BCUT2D eigenvalue weighted by atomic mass is 32.1. The number of benzene rings is 3. The number of nitrogens with zero attached hydrogens (tertiary/aromatic N) is 1. The van der Waals surface area contributed by atoms with Gasteiger partial charge in [0.15, 0.2) is 5.11 Å². The smallest absolute Gasteiger partial charge is 0.170 e. The van der Waals surface area contributed by atoms with Crippen molar-refractivity contribution in [2.45, 2.75) is 13.0 Å². The van der Waals surface area contributed by atoms with Crippen molar-refractivity contribution in [2.75, 3.05) is 11.9 Å². The summed E-state index contributed by atoms with van der Waals surface area (Å²) < 4.78 is 5.83. The van der Waals surface area contributed by atoms with E-state index in [1.807, 2.05) is 66.7 Å². The summed E-state index contributed by atoms with van der Waals surface area (Å²) >= 11 is 5.37. The zero-order valence-corrected chi connectivity index (χ0v) is 16.7. The van der Waals surface area contributed by atoms with E-state index in [0.717, 1.165) is 41.3 Å². The van der Waals surface area contributed by atoms with E-state index in [4.69, 9.17) is 17.0 Å². The van der Waals surface area contributed by atoms with Gasteiger partial charge in [0.05, 0.1) is 11.0 Å². The first-order valence-corrected chi connectivity index (χ1v) is 9.92. The maximum atomic E-state index is 5.83. The minimum absolute atomic E-state index is 0.390. The quantitative estimate of drug-likeness (QED) is 0.392. The van der Waals surface area contributed by atoms with E-state index in [1.54, 1.807) is 0 Å². The first-order valence-electron chi connectivity index (χ1n) is 9.51. The standard InChI is InChI=1S/C23H22N4OS/c29-23(24-15-14-17-6-2-1-3-7-17)25-18-10-12-19(13-11-18)28-16-22-26-20-8-4-5-9-21(20)27-22/h1-13H,14-16H2,(H,26,27)(H2,24,25,29). The molecule has 0 aliphatic heterocycles. The molecule has 0 atom stereocenters. The fraction of sp³-hybridized carbons (Fsp3) is 0.130. The lowest BCUT2D eigenvalue weighted by atomic mass is 10.1. The van der Waals surface area contributed by atoms with Crippen LogP contribution in [0.3, 0.4) is 0 Å². The van der Waals surface area contributed by atoms with Crippen LogP contribution in [0.25, 0.3) is 11.0 Å². The molecular formula is C23H22N4OS. The summed E-state index contributed by atoms with van der Waals surface area (Å²) in [5.74, 6) is 1.58. The third-order valence-corrected chi connectivity index (χ3v) is 4.71. The molecule has 29 heavy (non-hydrogen) atoms. The van der Waals surface area contributed by atoms with Crippen LogP contribution < -0.4 is 15.4 Å². The van der Waals surface area contributed by atoms with Gasteiger partial charge in [-0.1, -0.05) is 42.5 Å². The van der Waals surface area contributed by atoms with E-state index in [9.17, 15) is 0 Å². The van der Waals surface area contributed by atoms with E-state index < -0.39 is 0 Å². The maximum Gasteiger partial charge on any atom is 0.170 e. The van der Waals surface area contributed by atoms with Crippen LogP contribution in [0.5, 0.6) is 5.75 Å². The van der Waals surface area contributed by atoms with E-state index >= 15 is 0 Å². The molecule has 0 fully saturated rings. The zero-order chi connectivity index (χ0) is 19.9. The lowest BCUT2D eigenvalue weighted by Crippen LogP contribution is -2.30. The zero-order valence-electron chi connectivity index (χ0n) is 15.9. The SMILES string of the molecule is S=C(NCCc1ccccc1)Nc1ccc(OCc2nc3ccccc3[nH]2)cc1. The first-order chi connectivity index (χ1) is 14.3. The van der Waals surface area contributed by atoms with Crippen LogP contribution in [0, 0.1) is 0 Å². The molecule has 0 unspecified atom stereocenters. The number of rotatable bonds is 7. The number of aromatic nitrogens is 2. The van der Waals surface area contributed by atoms with Gasteiger partial charge in [0.25, 0.3) is 0 Å². The summed E-state index contributed by atoms with van der Waals surface area (Å²) in [7, 11) is 0. The highest BCUT2D eigenvalue weighted by Crippen LogP contribution is 2.17. The van der Waals surface area contributed by atoms with Crippen molar-refractivity contribution >= 4 is 34.1 Å². The summed E-state index contributed by atoms with van der Waals surface area (Å²) in [5.41, 5.74) is 4.16. The molecule has 0 saturated heterocycles. The number of hydrogen-bond donors (Lipinski definition) is 3. The number of para-hydroxylation sites is 2. The molecule has 6 heteroatoms. The molecule has 4 aromatic rings. The van der Waals surface area contributed by atoms with E-state index in [0.29, 0.717) is 11.7 Å². The van der Waals surface area contributed by atoms with Crippen LogP contribution in [0.4, 0.5) is 5.69 Å². The predicted octanol–water partition coefficient (Wildman–Crippen LogP) is 4.67. The Morgan fingerprint density at radius 3 is 2.48 bits per heavy atom. The Bertz CT molecular complexity index is 1040. The highest BCUT2D eigenvalue weighted by Gasteiger charge is 2.04. The van der Waals surface area contributed by atoms with Gasteiger partial charge in [0.1, 0.15) is 18.2 Å². The fourth-order valence-corrected chi connectivity index (χ4v) is 3.22. The molecule has 0 radical (unpaired) electrons. The van der Waals surface area contributed by atoms with Gasteiger partial charge in [-0.05, 0) is 60.6 Å². The molecule has 0 bridgehead atoms. The van der Waals surface area contributed by atoms with E-state index in [2.05, 4.69) is 32.7 Å². The van der Waals surface area contributed by atoms with Crippen molar-refractivity contribution in [2.24, 2.45) is 0 Å². The van der Waals surface area contributed by atoms with Crippen LogP contribution in [-0.4, -0.2) is 21.6 Å². The normalized spacial score (nSPS) is 10.6. The summed E-state index contributed by atoms with van der Waals surface area (Å²) in [6.07, 6.45) is 0.928. The number of fused-ring (bicyclic) bond motifs is 1. The molecule has 3 N–H and O–H groups in total. The number of nitrogens with one attached hydrogen (secondary N) is 3. The summed E-state index contributed by atoms with van der Waals surface area (Å²) in [6, 6.07) is 26.0. The fourth-order valence-electron chi connectivity index (χ4n) is 3.00. The second-order valence-electron chi connectivity index (χ2n) is 6.63. The number of imidazole rings is 1. The molecule has 1 aromatic heterocycles. The maximum absolute atomic E-state index is 5.83. The molecule has 0 spiro atoms. The van der Waals surface area contributed by atoms with Crippen molar-refractivity contribution in [1.29, 1.82) is 0 Å². The molecule has 1 heterocycles. The third kappa shape index (κ3) is 5.33. The Kier molecular flexibility index (Phi) is 6.02. The molecular weight excluding hydrogens is 380 g/mol. The summed E-state index contributed by atoms with van der Waals surface area (Å²) in [4.78, 5) is 7.78. The second-order valence-corrected chi connectivity index (χ2v) is 7.04. The molecule has 3 aromatic carbocycles. The van der Waals surface area contributed by atoms with Crippen molar-refractivity contribution in [3.63, 3.8) is 0 Å². The van der Waals surface area contributed by atoms with Gasteiger partial charge in [-0.2, -0.15) is 0 Å². The number of anilines is 1. The van der Waals surface area contributed by atoms with Gasteiger partial charge >= 0.3 is 0 Å². The highest BCUT2D eigenvalue weighted by molar-refractivity contribution is 7.80. The topological polar surface area (TPSA) is 62.0 Å². The first kappa shape index (κ1) is 19.0. The molecule has 0 aliphatic rings. The van der Waals surface area contributed by atoms with Gasteiger partial charge in [-0.25, -0.2) is 4.98 Å². The van der Waals surface area contributed by atoms with Crippen LogP contribution >= 0.6 is 12.2 Å². The van der Waals surface area contributed by atoms with Gasteiger partial charge in [0, 0.05) is 12.2 Å². The number of hydrogen-bond acceptors (Lipinski definition) is 3. The number of thiocarbonyl (C=S) groups is 1. The Balaban J connectivity index is 1.23. The molecule has 5 nitrogen and oxygen atoms in total. The van der Waals surface area contributed by atoms with Crippen LogP contribution in [-0.2, 0) is 13.0 Å². The van der Waals surface area contributed by atoms with Crippen molar-refractivity contribution in [1.82, 2.24) is 15.3 Å². The molecule has 146 valence electrons. The average Bonchev–Trinajstić information content (AvgIpc) is 3.17. The molecule has 0 saturated carbocycles. The minimum Gasteiger partial charge on any atom is -0.486 e. The molecule has 0 aliphatic carbocycles. The Hall–Kier alpha value is -3.38. The predicted molar refractivity (Wildman–Crippen MR) is 121 cm³/mol. The number of H-pyrrole nitrogens is 1. The Morgan fingerprint density at radius 2 is 1.69 bits per heavy atom. The monoisotopic (exact) mass is 402 g/mol. The van der Waals surface area contributed by atoms with Crippen LogP contribution in [0.15, 0.2) is 78.9 Å². The van der Waals surface area contributed by atoms with E-state index in [-0.39, 0.29) is 0 Å². The van der Waals surface area contributed by atoms with E-state index in [1.165, 1.54) is 5.56 Å². The van der Waals surface area contributed by atoms with Gasteiger partial charge < -0.3 is 20.4 Å². The van der Waals surface area contributed by atoms with Crippen LogP contribution in [0.1, 0.15) is 11.4 Å². The van der Waals surface area contributed by atoms with Crippen molar-refractivity contribution in [3.05, 3.63) is 90.3 Å². The van der Waals surface area contributed by atoms with Gasteiger partial charge in [-0.3, -0.25) is 0 Å². The lowest BCUT2D eigenvalue weighted by molar-refractivity contribution is 0.297. The Labute approximate surface area is 175 Å². The molecule has 0 amide bonds.